The molecule has 0 fully saturated rings. The number of ether oxygens (including phenoxy) is 1. The maximum Gasteiger partial charge on any atom is 0.207 e. The summed E-state index contributed by atoms with van der Waals surface area (Å²) in [6.07, 6.45) is 0. The predicted octanol–water partition coefficient (Wildman–Crippen LogP) is 1.79. The van der Waals surface area contributed by atoms with Crippen molar-refractivity contribution in [3.05, 3.63) is 41.5 Å². The molecule has 102 valence electrons. The zero-order valence-electron chi connectivity index (χ0n) is 10.1. The molecule has 0 spiro atoms. The van der Waals surface area contributed by atoms with Gasteiger partial charge in [-0.25, -0.2) is 13.8 Å². The van der Waals surface area contributed by atoms with Crippen LogP contribution in [0.15, 0.2) is 24.3 Å². The summed E-state index contributed by atoms with van der Waals surface area (Å²) in [5.74, 6) is -0.925. The standard InChI is InChI=1S/C12H9F2N5O/c13-7-2-1-3-8(14)6(7)5-20-9-4-10(15)16-12-11(9)17-19-18-12/h1-4H,5H2,(H3,15,16,17,18,19). The number of pyridine rings is 1. The summed E-state index contributed by atoms with van der Waals surface area (Å²) in [4.78, 5) is 3.93. The third-order valence-corrected chi connectivity index (χ3v) is 2.71. The van der Waals surface area contributed by atoms with Crippen molar-refractivity contribution in [2.45, 2.75) is 6.61 Å². The van der Waals surface area contributed by atoms with Crippen LogP contribution in [0.4, 0.5) is 14.6 Å². The van der Waals surface area contributed by atoms with Crippen LogP contribution in [0.3, 0.4) is 0 Å². The first-order chi connectivity index (χ1) is 9.65. The zero-order chi connectivity index (χ0) is 14.1. The fourth-order valence-electron chi connectivity index (χ4n) is 1.76. The van der Waals surface area contributed by atoms with Gasteiger partial charge in [0.15, 0.2) is 11.3 Å². The second-order valence-corrected chi connectivity index (χ2v) is 4.03. The molecule has 0 amide bonds. The number of hydrogen-bond donors (Lipinski definition) is 2. The van der Waals surface area contributed by atoms with Crippen molar-refractivity contribution < 1.29 is 13.5 Å². The molecule has 0 saturated heterocycles. The fourth-order valence-corrected chi connectivity index (χ4v) is 1.76. The van der Waals surface area contributed by atoms with Gasteiger partial charge in [0.25, 0.3) is 0 Å². The molecule has 0 aliphatic carbocycles. The third kappa shape index (κ3) is 2.11. The topological polar surface area (TPSA) is 89.7 Å². The van der Waals surface area contributed by atoms with Crippen LogP contribution in [-0.2, 0) is 6.61 Å². The van der Waals surface area contributed by atoms with E-state index < -0.39 is 11.6 Å². The molecule has 0 aliphatic rings. The Morgan fingerprint density at radius 3 is 2.70 bits per heavy atom. The van der Waals surface area contributed by atoms with E-state index in [0.717, 1.165) is 12.1 Å². The fraction of sp³-hybridized carbons (Fsp3) is 0.0833. The number of benzene rings is 1. The van der Waals surface area contributed by atoms with Gasteiger partial charge in [0.1, 0.15) is 24.1 Å². The van der Waals surface area contributed by atoms with Gasteiger partial charge in [0.05, 0.1) is 5.56 Å². The Bertz CT molecular complexity index is 753. The van der Waals surface area contributed by atoms with Gasteiger partial charge in [-0.05, 0) is 12.1 Å². The van der Waals surface area contributed by atoms with Crippen LogP contribution in [-0.4, -0.2) is 20.4 Å². The van der Waals surface area contributed by atoms with Gasteiger partial charge < -0.3 is 10.5 Å². The number of nitrogen functional groups attached to an aromatic ring is 1. The number of halogens is 2. The Balaban J connectivity index is 1.92. The highest BCUT2D eigenvalue weighted by Crippen LogP contribution is 2.24. The maximum atomic E-state index is 13.5. The molecule has 0 bridgehead atoms. The quantitative estimate of drug-likeness (QED) is 0.761. The average molecular weight is 277 g/mol. The van der Waals surface area contributed by atoms with Gasteiger partial charge in [-0.2, -0.15) is 10.3 Å². The van der Waals surface area contributed by atoms with Crippen molar-refractivity contribution >= 4 is 17.0 Å². The van der Waals surface area contributed by atoms with Crippen molar-refractivity contribution in [2.24, 2.45) is 0 Å². The van der Waals surface area contributed by atoms with Gasteiger partial charge >= 0.3 is 0 Å². The summed E-state index contributed by atoms with van der Waals surface area (Å²) in [5.41, 5.74) is 6.04. The molecule has 0 saturated carbocycles. The number of aromatic amines is 1. The van der Waals surface area contributed by atoms with Crippen molar-refractivity contribution in [1.29, 1.82) is 0 Å². The molecule has 1 aromatic carbocycles. The SMILES string of the molecule is Nc1cc(OCc2c(F)cccc2F)c2n[nH]nc2n1. The predicted molar refractivity (Wildman–Crippen MR) is 66.8 cm³/mol. The molecule has 2 aromatic heterocycles. The number of anilines is 1. The molecule has 3 N–H and O–H groups in total. The Hall–Kier alpha value is -2.77. The first kappa shape index (κ1) is 12.3. The van der Waals surface area contributed by atoms with Crippen LogP contribution in [0, 0.1) is 11.6 Å². The Morgan fingerprint density at radius 1 is 1.20 bits per heavy atom. The second kappa shape index (κ2) is 4.72. The van der Waals surface area contributed by atoms with E-state index in [-0.39, 0.29) is 29.4 Å². The summed E-state index contributed by atoms with van der Waals surface area (Å²) in [6, 6.07) is 5.03. The monoisotopic (exact) mass is 277 g/mol. The molecule has 3 rings (SSSR count). The molecule has 2 heterocycles. The molecule has 0 unspecified atom stereocenters. The van der Waals surface area contributed by atoms with Gasteiger partial charge in [0, 0.05) is 6.07 Å². The van der Waals surface area contributed by atoms with E-state index in [9.17, 15) is 8.78 Å². The van der Waals surface area contributed by atoms with Crippen LogP contribution in [0.25, 0.3) is 11.2 Å². The third-order valence-electron chi connectivity index (χ3n) is 2.71. The van der Waals surface area contributed by atoms with Crippen molar-refractivity contribution in [3.63, 3.8) is 0 Å². The van der Waals surface area contributed by atoms with Gasteiger partial charge in [0.2, 0.25) is 5.65 Å². The maximum absolute atomic E-state index is 13.5. The van der Waals surface area contributed by atoms with Crippen LogP contribution in [0.1, 0.15) is 5.56 Å². The molecule has 0 atom stereocenters. The van der Waals surface area contributed by atoms with Crippen molar-refractivity contribution in [3.8, 4) is 5.75 Å². The van der Waals surface area contributed by atoms with Crippen LogP contribution < -0.4 is 10.5 Å². The number of nitrogens with zero attached hydrogens (tertiary/aromatic N) is 3. The summed E-state index contributed by atoms with van der Waals surface area (Å²) in [5, 5.41) is 10.0. The second-order valence-electron chi connectivity index (χ2n) is 4.03. The minimum absolute atomic E-state index is 0.167. The van der Waals surface area contributed by atoms with E-state index in [0.29, 0.717) is 5.52 Å². The number of rotatable bonds is 3. The van der Waals surface area contributed by atoms with E-state index in [2.05, 4.69) is 20.4 Å². The average Bonchev–Trinajstić information content (AvgIpc) is 2.86. The van der Waals surface area contributed by atoms with Crippen molar-refractivity contribution in [2.75, 3.05) is 5.73 Å². The zero-order valence-corrected chi connectivity index (χ0v) is 10.1. The number of aromatic nitrogens is 4. The van der Waals surface area contributed by atoms with Crippen molar-refractivity contribution in [1.82, 2.24) is 20.4 Å². The summed E-state index contributed by atoms with van der Waals surface area (Å²) in [7, 11) is 0. The lowest BCUT2D eigenvalue weighted by molar-refractivity contribution is 0.295. The van der Waals surface area contributed by atoms with Gasteiger partial charge in [-0.3, -0.25) is 0 Å². The summed E-state index contributed by atoms with van der Waals surface area (Å²) < 4.78 is 32.4. The van der Waals surface area contributed by atoms with Crippen LogP contribution >= 0.6 is 0 Å². The Labute approximate surface area is 111 Å². The van der Waals surface area contributed by atoms with E-state index in [4.69, 9.17) is 10.5 Å². The lowest BCUT2D eigenvalue weighted by Gasteiger charge is -2.08. The molecule has 6 nitrogen and oxygen atoms in total. The molecular weight excluding hydrogens is 268 g/mol. The number of H-pyrrole nitrogens is 1. The first-order valence-electron chi connectivity index (χ1n) is 5.68. The lowest BCUT2D eigenvalue weighted by Crippen LogP contribution is -2.03. The van der Waals surface area contributed by atoms with Crippen LogP contribution in [0.5, 0.6) is 5.75 Å². The van der Waals surface area contributed by atoms with Crippen LogP contribution in [0.2, 0.25) is 0 Å². The Kier molecular flexibility index (Phi) is 2.90. The number of hydrogen-bond acceptors (Lipinski definition) is 5. The largest absolute Gasteiger partial charge is 0.486 e. The Morgan fingerprint density at radius 2 is 1.95 bits per heavy atom. The highest BCUT2D eigenvalue weighted by atomic mass is 19.1. The summed E-state index contributed by atoms with van der Waals surface area (Å²) >= 11 is 0. The minimum Gasteiger partial charge on any atom is -0.486 e. The van der Waals surface area contributed by atoms with Gasteiger partial charge in [-0.15, -0.1) is 5.10 Å². The van der Waals surface area contributed by atoms with E-state index in [1.165, 1.54) is 12.1 Å². The molecule has 20 heavy (non-hydrogen) atoms. The molecule has 8 heteroatoms. The smallest absolute Gasteiger partial charge is 0.207 e. The van der Waals surface area contributed by atoms with Gasteiger partial charge in [-0.1, -0.05) is 6.07 Å². The summed E-state index contributed by atoms with van der Waals surface area (Å²) in [6.45, 7) is -0.288. The highest BCUT2D eigenvalue weighted by molar-refractivity contribution is 5.78. The molecular formula is C12H9F2N5O. The van der Waals surface area contributed by atoms with E-state index >= 15 is 0 Å². The normalized spacial score (nSPS) is 10.9. The number of fused-ring (bicyclic) bond motifs is 1. The highest BCUT2D eigenvalue weighted by Gasteiger charge is 2.13. The lowest BCUT2D eigenvalue weighted by atomic mass is 10.2. The molecule has 0 radical (unpaired) electrons. The first-order valence-corrected chi connectivity index (χ1v) is 5.68. The molecule has 0 aliphatic heterocycles. The molecule has 3 aromatic rings. The minimum atomic E-state index is -0.677. The number of nitrogens with two attached hydrogens (primary N) is 1. The van der Waals surface area contributed by atoms with E-state index in [1.54, 1.807) is 0 Å². The number of nitrogens with one attached hydrogen (secondary N) is 1. The van der Waals surface area contributed by atoms with E-state index in [1.807, 2.05) is 0 Å².